The van der Waals surface area contributed by atoms with Gasteiger partial charge in [0.05, 0.1) is 17.9 Å². The maximum absolute atomic E-state index is 13.1. The molecule has 0 saturated carbocycles. The minimum Gasteiger partial charge on any atom is -0.337 e. The van der Waals surface area contributed by atoms with Gasteiger partial charge >= 0.3 is 0 Å². The van der Waals surface area contributed by atoms with Crippen molar-refractivity contribution < 1.29 is 4.79 Å². The fourth-order valence-corrected chi connectivity index (χ4v) is 5.21. The van der Waals surface area contributed by atoms with E-state index in [9.17, 15) is 4.79 Å². The fourth-order valence-electron chi connectivity index (χ4n) is 5.21. The second-order valence-corrected chi connectivity index (χ2v) is 9.05. The van der Waals surface area contributed by atoms with Gasteiger partial charge in [-0.3, -0.25) is 14.7 Å². The Kier molecular flexibility index (Phi) is 5.56. The quantitative estimate of drug-likeness (QED) is 0.758. The van der Waals surface area contributed by atoms with Gasteiger partial charge in [0, 0.05) is 62.3 Å². The summed E-state index contributed by atoms with van der Waals surface area (Å²) in [6.45, 7) is 8.61. The van der Waals surface area contributed by atoms with Crippen molar-refractivity contribution in [3.8, 4) is 5.69 Å². The van der Waals surface area contributed by atoms with E-state index in [1.54, 1.807) is 0 Å². The van der Waals surface area contributed by atoms with Gasteiger partial charge in [-0.1, -0.05) is 0 Å². The van der Waals surface area contributed by atoms with E-state index in [1.807, 2.05) is 29.9 Å². The molecule has 2 aromatic rings. The summed E-state index contributed by atoms with van der Waals surface area (Å²) < 4.78 is 1.96. The van der Waals surface area contributed by atoms with Gasteiger partial charge in [0.1, 0.15) is 0 Å². The van der Waals surface area contributed by atoms with Gasteiger partial charge in [-0.05, 0) is 57.8 Å². The van der Waals surface area contributed by atoms with Crippen molar-refractivity contribution in [1.29, 1.82) is 0 Å². The van der Waals surface area contributed by atoms with E-state index in [0.717, 1.165) is 62.5 Å². The molecule has 160 valence electrons. The van der Waals surface area contributed by atoms with E-state index in [2.05, 4.69) is 25.9 Å². The molecule has 2 fully saturated rings. The maximum Gasteiger partial charge on any atom is 0.237 e. The lowest BCUT2D eigenvalue weighted by molar-refractivity contribution is -0.133. The molecule has 0 aliphatic carbocycles. The third-order valence-electron chi connectivity index (χ3n) is 6.80. The summed E-state index contributed by atoms with van der Waals surface area (Å²) in [6, 6.07) is 4.45. The average molecular weight is 409 g/mol. The highest BCUT2D eigenvalue weighted by atomic mass is 16.2. The van der Waals surface area contributed by atoms with Crippen molar-refractivity contribution in [2.45, 2.75) is 51.6 Å². The first-order valence-corrected chi connectivity index (χ1v) is 11.4. The second-order valence-electron chi connectivity index (χ2n) is 9.05. The summed E-state index contributed by atoms with van der Waals surface area (Å²) >= 11 is 0. The van der Waals surface area contributed by atoms with Crippen LogP contribution < -0.4 is 0 Å². The molecule has 1 atom stereocenters. The lowest BCUT2D eigenvalue weighted by Gasteiger charge is -2.32. The average Bonchev–Trinajstić information content (AvgIpc) is 3.49. The lowest BCUT2D eigenvalue weighted by atomic mass is 10.1. The van der Waals surface area contributed by atoms with Crippen molar-refractivity contribution >= 4 is 5.91 Å². The summed E-state index contributed by atoms with van der Waals surface area (Å²) in [5, 5.41) is 4.78. The van der Waals surface area contributed by atoms with Crippen LogP contribution in [0.5, 0.6) is 0 Å². The summed E-state index contributed by atoms with van der Waals surface area (Å²) in [7, 11) is 0. The SMILES string of the molecule is Cc1cc(-n2cc3c(n2)CCN(CC(=O)N2CCC[C@H]2CN2CCCC2)C3)ccn1. The smallest absolute Gasteiger partial charge is 0.237 e. The third-order valence-corrected chi connectivity index (χ3v) is 6.80. The molecule has 1 amide bonds. The van der Waals surface area contributed by atoms with Crippen LogP contribution in [-0.2, 0) is 17.8 Å². The van der Waals surface area contributed by atoms with Crippen LogP contribution in [0.2, 0.25) is 0 Å². The Hall–Kier alpha value is -2.25. The highest BCUT2D eigenvalue weighted by Gasteiger charge is 2.32. The number of likely N-dealkylation sites (tertiary alicyclic amines) is 2. The van der Waals surface area contributed by atoms with Gasteiger partial charge in [-0.15, -0.1) is 0 Å². The molecule has 0 N–H and O–H groups in total. The number of amides is 1. The van der Waals surface area contributed by atoms with E-state index < -0.39 is 0 Å². The van der Waals surface area contributed by atoms with Crippen LogP contribution in [0.15, 0.2) is 24.5 Å². The van der Waals surface area contributed by atoms with Gasteiger partial charge in [0.15, 0.2) is 0 Å². The highest BCUT2D eigenvalue weighted by molar-refractivity contribution is 5.79. The molecule has 2 saturated heterocycles. The Morgan fingerprint density at radius 3 is 2.83 bits per heavy atom. The zero-order valence-electron chi connectivity index (χ0n) is 18.0. The standard InChI is InChI=1S/C23H32N6O/c1-18-13-20(6-8-24-18)29-15-19-14-27(12-7-22(19)25-29)17-23(30)28-11-4-5-21(28)16-26-9-2-3-10-26/h6,8,13,15,21H,2-5,7,9-12,14,16-17H2,1H3/t21-/m0/s1. The molecule has 0 spiro atoms. The number of carbonyl (C=O) groups is 1. The van der Waals surface area contributed by atoms with Crippen molar-refractivity contribution in [3.05, 3.63) is 41.5 Å². The molecule has 0 bridgehead atoms. The van der Waals surface area contributed by atoms with Crippen LogP contribution in [0.1, 0.15) is 42.6 Å². The third kappa shape index (κ3) is 4.14. The van der Waals surface area contributed by atoms with Crippen LogP contribution in [0.4, 0.5) is 0 Å². The maximum atomic E-state index is 13.1. The van der Waals surface area contributed by atoms with Gasteiger partial charge in [-0.2, -0.15) is 5.10 Å². The Labute approximate surface area is 178 Å². The van der Waals surface area contributed by atoms with E-state index in [-0.39, 0.29) is 0 Å². The molecule has 7 heteroatoms. The second kappa shape index (κ2) is 8.47. The molecular weight excluding hydrogens is 376 g/mol. The van der Waals surface area contributed by atoms with Crippen LogP contribution in [-0.4, -0.2) is 80.7 Å². The van der Waals surface area contributed by atoms with Crippen molar-refractivity contribution in [2.24, 2.45) is 0 Å². The Morgan fingerprint density at radius 2 is 2.00 bits per heavy atom. The number of hydrogen-bond donors (Lipinski definition) is 0. The predicted molar refractivity (Wildman–Crippen MR) is 115 cm³/mol. The fraction of sp³-hybridized carbons (Fsp3) is 0.609. The number of aryl methyl sites for hydroxylation is 1. The van der Waals surface area contributed by atoms with Crippen molar-refractivity contribution in [2.75, 3.05) is 39.3 Å². The lowest BCUT2D eigenvalue weighted by Crippen LogP contribution is -2.47. The molecule has 7 nitrogen and oxygen atoms in total. The summed E-state index contributed by atoms with van der Waals surface area (Å²) in [5.41, 5.74) is 4.42. The largest absolute Gasteiger partial charge is 0.337 e. The number of rotatable bonds is 5. The monoisotopic (exact) mass is 408 g/mol. The minimum absolute atomic E-state index is 0.303. The van der Waals surface area contributed by atoms with E-state index in [1.165, 1.54) is 31.5 Å². The molecule has 0 aromatic carbocycles. The number of aromatic nitrogens is 3. The Morgan fingerprint density at radius 1 is 1.13 bits per heavy atom. The number of nitrogens with zero attached hydrogens (tertiary/aromatic N) is 6. The minimum atomic E-state index is 0.303. The molecule has 0 radical (unpaired) electrons. The molecule has 5 heterocycles. The van der Waals surface area contributed by atoms with Gasteiger partial charge in [0.2, 0.25) is 5.91 Å². The molecular formula is C23H32N6O. The molecule has 30 heavy (non-hydrogen) atoms. The van der Waals surface area contributed by atoms with Gasteiger partial charge < -0.3 is 9.80 Å². The first-order valence-electron chi connectivity index (χ1n) is 11.4. The number of carbonyl (C=O) groups excluding carboxylic acids is 1. The highest BCUT2D eigenvalue weighted by Crippen LogP contribution is 2.23. The van der Waals surface area contributed by atoms with E-state index >= 15 is 0 Å². The first-order chi connectivity index (χ1) is 14.7. The molecule has 3 aliphatic heterocycles. The van der Waals surface area contributed by atoms with Crippen LogP contribution in [0.25, 0.3) is 5.69 Å². The van der Waals surface area contributed by atoms with E-state index in [4.69, 9.17) is 5.10 Å². The van der Waals surface area contributed by atoms with Gasteiger partial charge in [-0.25, -0.2) is 4.68 Å². The van der Waals surface area contributed by atoms with Gasteiger partial charge in [0.25, 0.3) is 0 Å². The van der Waals surface area contributed by atoms with E-state index in [0.29, 0.717) is 18.5 Å². The zero-order chi connectivity index (χ0) is 20.5. The predicted octanol–water partition coefficient (Wildman–Crippen LogP) is 2.02. The molecule has 0 unspecified atom stereocenters. The van der Waals surface area contributed by atoms with Crippen LogP contribution >= 0.6 is 0 Å². The topological polar surface area (TPSA) is 57.5 Å². The summed E-state index contributed by atoms with van der Waals surface area (Å²) in [6.07, 6.45) is 9.76. The summed E-state index contributed by atoms with van der Waals surface area (Å²) in [5.74, 6) is 0.303. The number of fused-ring (bicyclic) bond motifs is 1. The Balaban J connectivity index is 1.21. The first kappa shape index (κ1) is 19.7. The molecule has 2 aromatic heterocycles. The number of pyridine rings is 1. The van der Waals surface area contributed by atoms with Crippen molar-refractivity contribution in [3.63, 3.8) is 0 Å². The Bertz CT molecular complexity index is 903. The summed E-state index contributed by atoms with van der Waals surface area (Å²) in [4.78, 5) is 24.4. The zero-order valence-corrected chi connectivity index (χ0v) is 18.0. The van der Waals surface area contributed by atoms with Crippen LogP contribution in [0, 0.1) is 6.92 Å². The van der Waals surface area contributed by atoms with Crippen molar-refractivity contribution in [1.82, 2.24) is 29.5 Å². The number of hydrogen-bond acceptors (Lipinski definition) is 5. The van der Waals surface area contributed by atoms with Crippen LogP contribution in [0.3, 0.4) is 0 Å². The molecule has 3 aliphatic rings. The molecule has 5 rings (SSSR count). The normalized spacial score (nSPS) is 22.6.